The highest BCUT2D eigenvalue weighted by atomic mass is 16.6. The van der Waals surface area contributed by atoms with Crippen LogP contribution in [0.15, 0.2) is 0 Å². The molecule has 0 aromatic heterocycles. The molecular weight excluding hydrogens is 765 g/mol. The summed E-state index contributed by atoms with van der Waals surface area (Å²) in [4.78, 5) is 24.4. The van der Waals surface area contributed by atoms with Crippen LogP contribution in [0.4, 0.5) is 0 Å². The third-order valence-electron chi connectivity index (χ3n) is 13.4. The zero-order chi connectivity index (χ0) is 44.9. The number of unbranched alkanes of at least 4 members (excludes halogenated alkanes) is 46. The first-order valence-electron chi connectivity index (χ1n) is 28.6. The van der Waals surface area contributed by atoms with Crippen LogP contribution < -0.4 is 0 Å². The van der Waals surface area contributed by atoms with Gasteiger partial charge in [0.2, 0.25) is 0 Å². The molecule has 0 aromatic carbocycles. The second-order valence-corrected chi connectivity index (χ2v) is 19.7. The van der Waals surface area contributed by atoms with Crippen LogP contribution in [0, 0.1) is 0 Å². The van der Waals surface area contributed by atoms with Crippen molar-refractivity contribution in [2.24, 2.45) is 0 Å². The quantitative estimate of drug-likeness (QED) is 0.0487. The Kier molecular flexibility index (Phi) is 53.3. The van der Waals surface area contributed by atoms with Gasteiger partial charge in [0.25, 0.3) is 0 Å². The highest BCUT2D eigenvalue weighted by molar-refractivity contribution is 5.70. The lowest BCUT2D eigenvalue weighted by Gasteiger charge is -2.15. The van der Waals surface area contributed by atoms with E-state index in [-0.39, 0.29) is 25.2 Å². The fourth-order valence-corrected chi connectivity index (χ4v) is 9.09. The third-order valence-corrected chi connectivity index (χ3v) is 13.4. The van der Waals surface area contributed by atoms with Crippen LogP contribution in [0.25, 0.3) is 0 Å². The highest BCUT2D eigenvalue weighted by Gasteiger charge is 2.16. The second-order valence-electron chi connectivity index (χ2n) is 19.7. The van der Waals surface area contributed by atoms with E-state index in [4.69, 9.17) is 9.47 Å². The first-order valence-corrected chi connectivity index (χ1v) is 28.6. The van der Waals surface area contributed by atoms with Gasteiger partial charge < -0.3 is 14.6 Å². The largest absolute Gasteiger partial charge is 0.462 e. The Balaban J connectivity index is 3.33. The van der Waals surface area contributed by atoms with E-state index < -0.39 is 6.10 Å². The number of ether oxygens (including phenoxy) is 2. The first kappa shape index (κ1) is 60.9. The van der Waals surface area contributed by atoms with Crippen molar-refractivity contribution < 1.29 is 24.2 Å². The van der Waals surface area contributed by atoms with Gasteiger partial charge in [-0.15, -0.1) is 0 Å². The number of carbonyl (C=O) groups is 2. The van der Waals surface area contributed by atoms with Gasteiger partial charge in [0.15, 0.2) is 6.10 Å². The number of rotatable bonds is 54. The van der Waals surface area contributed by atoms with Crippen LogP contribution >= 0.6 is 0 Å². The zero-order valence-electron chi connectivity index (χ0n) is 42.4. The van der Waals surface area contributed by atoms with Crippen molar-refractivity contribution in [3.63, 3.8) is 0 Å². The van der Waals surface area contributed by atoms with Crippen molar-refractivity contribution >= 4 is 11.9 Å². The summed E-state index contributed by atoms with van der Waals surface area (Å²) >= 11 is 0. The van der Waals surface area contributed by atoms with Gasteiger partial charge in [0.05, 0.1) is 6.61 Å². The molecule has 0 spiro atoms. The maximum absolute atomic E-state index is 12.3. The summed E-state index contributed by atoms with van der Waals surface area (Å²) in [6, 6.07) is 0. The van der Waals surface area contributed by atoms with Gasteiger partial charge in [-0.2, -0.15) is 0 Å². The standard InChI is InChI=1S/C57H112O5/c1-3-5-7-9-11-13-15-17-18-19-20-21-22-23-24-25-26-27-28-29-30-31-32-33-34-35-36-37-38-40-42-44-46-48-50-52-57(60)62-55(53-58)54-61-56(59)51-49-47-45-43-41-39-16-14-12-10-8-6-4-2/h55,58H,3-54H2,1-2H3. The monoisotopic (exact) mass is 877 g/mol. The van der Waals surface area contributed by atoms with Crippen molar-refractivity contribution in [3.8, 4) is 0 Å². The first-order chi connectivity index (χ1) is 30.6. The summed E-state index contributed by atoms with van der Waals surface area (Å²) in [6.07, 6.45) is 65.3. The molecule has 0 aliphatic carbocycles. The van der Waals surface area contributed by atoms with Crippen LogP contribution in [0.5, 0.6) is 0 Å². The van der Waals surface area contributed by atoms with Crippen molar-refractivity contribution in [1.29, 1.82) is 0 Å². The number of aliphatic hydroxyl groups is 1. The predicted molar refractivity (Wildman–Crippen MR) is 270 cm³/mol. The van der Waals surface area contributed by atoms with Crippen molar-refractivity contribution in [1.82, 2.24) is 0 Å². The molecule has 5 heteroatoms. The molecule has 0 heterocycles. The lowest BCUT2D eigenvalue weighted by molar-refractivity contribution is -0.161. The summed E-state index contributed by atoms with van der Waals surface area (Å²) < 4.78 is 10.7. The Labute approximate surface area is 389 Å². The molecule has 0 aliphatic heterocycles. The Hall–Kier alpha value is -1.10. The SMILES string of the molecule is CCCCCCCCCCCCCCCCCCCCCCCCCCCCCCCCCCCCCC(=O)OC(CO)COC(=O)CCCCCCCCCCCCCCC. The summed E-state index contributed by atoms with van der Waals surface area (Å²) in [5, 5.41) is 9.62. The number of hydrogen-bond donors (Lipinski definition) is 1. The normalized spacial score (nSPS) is 12.0. The fourth-order valence-electron chi connectivity index (χ4n) is 9.09. The Bertz CT molecular complexity index is 860. The molecule has 0 aromatic rings. The minimum absolute atomic E-state index is 0.0563. The second kappa shape index (κ2) is 54.2. The summed E-state index contributed by atoms with van der Waals surface area (Å²) in [5.74, 6) is -0.568. The molecule has 0 saturated carbocycles. The van der Waals surface area contributed by atoms with E-state index in [1.807, 2.05) is 0 Å². The van der Waals surface area contributed by atoms with Crippen LogP contribution in [0.3, 0.4) is 0 Å². The van der Waals surface area contributed by atoms with Gasteiger partial charge in [-0.25, -0.2) is 0 Å². The van der Waals surface area contributed by atoms with Crippen molar-refractivity contribution in [2.45, 2.75) is 341 Å². The Morgan fingerprint density at radius 1 is 0.306 bits per heavy atom. The number of esters is 2. The molecule has 0 aliphatic rings. The smallest absolute Gasteiger partial charge is 0.306 e. The maximum Gasteiger partial charge on any atom is 0.306 e. The average molecular weight is 878 g/mol. The number of aliphatic hydroxyl groups excluding tert-OH is 1. The molecule has 1 atom stereocenters. The minimum Gasteiger partial charge on any atom is -0.462 e. The highest BCUT2D eigenvalue weighted by Crippen LogP contribution is 2.18. The van der Waals surface area contributed by atoms with E-state index in [0.717, 1.165) is 32.1 Å². The maximum atomic E-state index is 12.3. The molecule has 0 amide bonds. The van der Waals surface area contributed by atoms with Crippen molar-refractivity contribution in [2.75, 3.05) is 13.2 Å². The molecule has 1 N–H and O–H groups in total. The predicted octanol–water partition coefficient (Wildman–Crippen LogP) is 19.0. The van der Waals surface area contributed by atoms with Crippen LogP contribution in [-0.4, -0.2) is 36.4 Å². The lowest BCUT2D eigenvalue weighted by Crippen LogP contribution is -2.28. The van der Waals surface area contributed by atoms with Gasteiger partial charge in [0.1, 0.15) is 6.61 Å². The molecule has 1 unspecified atom stereocenters. The van der Waals surface area contributed by atoms with Gasteiger partial charge in [-0.1, -0.05) is 309 Å². The summed E-state index contributed by atoms with van der Waals surface area (Å²) in [5.41, 5.74) is 0. The minimum atomic E-state index is -0.763. The molecule has 0 rings (SSSR count). The molecule has 0 radical (unpaired) electrons. The Morgan fingerprint density at radius 3 is 0.710 bits per heavy atom. The van der Waals surface area contributed by atoms with Crippen LogP contribution in [0.2, 0.25) is 0 Å². The fraction of sp³-hybridized carbons (Fsp3) is 0.965. The zero-order valence-corrected chi connectivity index (χ0v) is 42.4. The van der Waals surface area contributed by atoms with Crippen LogP contribution in [-0.2, 0) is 19.1 Å². The average Bonchev–Trinajstić information content (AvgIpc) is 3.28. The molecule has 370 valence electrons. The van der Waals surface area contributed by atoms with Gasteiger partial charge in [0, 0.05) is 12.8 Å². The van der Waals surface area contributed by atoms with Gasteiger partial charge in [-0.3, -0.25) is 9.59 Å². The van der Waals surface area contributed by atoms with Gasteiger partial charge >= 0.3 is 11.9 Å². The van der Waals surface area contributed by atoms with E-state index in [9.17, 15) is 14.7 Å². The topological polar surface area (TPSA) is 72.8 Å². The molecule has 0 bridgehead atoms. The van der Waals surface area contributed by atoms with E-state index in [2.05, 4.69) is 13.8 Å². The molecule has 0 fully saturated rings. The molecule has 5 nitrogen and oxygen atoms in total. The Morgan fingerprint density at radius 2 is 0.500 bits per heavy atom. The van der Waals surface area contributed by atoms with Crippen LogP contribution in [0.1, 0.15) is 335 Å². The number of carbonyl (C=O) groups excluding carboxylic acids is 2. The number of hydrogen-bond acceptors (Lipinski definition) is 5. The van der Waals surface area contributed by atoms with Crippen molar-refractivity contribution in [3.05, 3.63) is 0 Å². The molecular formula is C57H112O5. The van der Waals surface area contributed by atoms with E-state index in [1.54, 1.807) is 0 Å². The van der Waals surface area contributed by atoms with Gasteiger partial charge in [-0.05, 0) is 12.8 Å². The lowest BCUT2D eigenvalue weighted by atomic mass is 10.0. The van der Waals surface area contributed by atoms with E-state index in [0.29, 0.717) is 12.8 Å². The van der Waals surface area contributed by atoms with E-state index in [1.165, 1.54) is 276 Å². The summed E-state index contributed by atoms with van der Waals surface area (Å²) in [6.45, 7) is 4.19. The van der Waals surface area contributed by atoms with E-state index >= 15 is 0 Å². The molecule has 62 heavy (non-hydrogen) atoms. The summed E-state index contributed by atoms with van der Waals surface area (Å²) in [7, 11) is 0. The third kappa shape index (κ3) is 51.5. The molecule has 0 saturated heterocycles.